The standard InChI is InChI=1S/C11H23N3O/c1-4-8(2)13-11(15)9(3)14-6-5-10(12)7-14/h8-10H,4-7,12H2,1-3H3,(H,13,15)/t8?,9?,10-/m0/s1. The highest BCUT2D eigenvalue weighted by atomic mass is 16.2. The van der Waals surface area contributed by atoms with Gasteiger partial charge in [0.15, 0.2) is 0 Å². The predicted molar refractivity (Wildman–Crippen MR) is 61.5 cm³/mol. The van der Waals surface area contributed by atoms with Gasteiger partial charge in [0, 0.05) is 25.2 Å². The molecule has 3 N–H and O–H groups in total. The zero-order valence-corrected chi connectivity index (χ0v) is 9.99. The number of hydrogen-bond acceptors (Lipinski definition) is 3. The van der Waals surface area contributed by atoms with Crippen LogP contribution in [0.3, 0.4) is 0 Å². The Kier molecular flexibility index (Phi) is 4.54. The van der Waals surface area contributed by atoms with Gasteiger partial charge in [0.1, 0.15) is 0 Å². The maximum Gasteiger partial charge on any atom is 0.237 e. The van der Waals surface area contributed by atoms with Crippen LogP contribution in [0.1, 0.15) is 33.6 Å². The smallest absolute Gasteiger partial charge is 0.237 e. The first-order valence-electron chi connectivity index (χ1n) is 5.84. The van der Waals surface area contributed by atoms with Crippen molar-refractivity contribution in [3.8, 4) is 0 Å². The molecule has 0 radical (unpaired) electrons. The molecule has 1 saturated heterocycles. The first kappa shape index (κ1) is 12.5. The maximum atomic E-state index is 11.8. The van der Waals surface area contributed by atoms with Crippen LogP contribution in [0.5, 0.6) is 0 Å². The molecule has 0 aliphatic carbocycles. The van der Waals surface area contributed by atoms with Crippen molar-refractivity contribution in [2.24, 2.45) is 5.73 Å². The lowest BCUT2D eigenvalue weighted by Gasteiger charge is -2.24. The summed E-state index contributed by atoms with van der Waals surface area (Å²) in [6, 6.07) is 0.452. The molecule has 3 atom stereocenters. The van der Waals surface area contributed by atoms with E-state index >= 15 is 0 Å². The Bertz CT molecular complexity index is 220. The van der Waals surface area contributed by atoms with E-state index in [-0.39, 0.29) is 24.0 Å². The van der Waals surface area contributed by atoms with Crippen molar-refractivity contribution >= 4 is 5.91 Å². The molecule has 1 rings (SSSR count). The van der Waals surface area contributed by atoms with E-state index in [0.717, 1.165) is 25.9 Å². The summed E-state index contributed by atoms with van der Waals surface area (Å²) in [6.45, 7) is 7.84. The summed E-state index contributed by atoms with van der Waals surface area (Å²) < 4.78 is 0. The summed E-state index contributed by atoms with van der Waals surface area (Å²) in [4.78, 5) is 14.0. The molecule has 0 saturated carbocycles. The molecule has 0 aromatic rings. The second kappa shape index (κ2) is 5.47. The number of nitrogens with one attached hydrogen (secondary N) is 1. The monoisotopic (exact) mass is 213 g/mol. The highest BCUT2D eigenvalue weighted by Gasteiger charge is 2.27. The molecule has 2 unspecified atom stereocenters. The largest absolute Gasteiger partial charge is 0.352 e. The number of rotatable bonds is 4. The average Bonchev–Trinajstić information content (AvgIpc) is 2.63. The van der Waals surface area contributed by atoms with Crippen molar-refractivity contribution in [2.45, 2.75) is 51.7 Å². The van der Waals surface area contributed by atoms with Crippen LogP contribution in [0.2, 0.25) is 0 Å². The third-order valence-corrected chi connectivity index (χ3v) is 3.18. The predicted octanol–water partition coefficient (Wildman–Crippen LogP) is 0.323. The molecule has 15 heavy (non-hydrogen) atoms. The van der Waals surface area contributed by atoms with Crippen LogP contribution >= 0.6 is 0 Å². The zero-order chi connectivity index (χ0) is 11.4. The Hall–Kier alpha value is -0.610. The first-order chi connectivity index (χ1) is 7.04. The van der Waals surface area contributed by atoms with Crippen LogP contribution in [-0.4, -0.2) is 42.0 Å². The summed E-state index contributed by atoms with van der Waals surface area (Å²) in [7, 11) is 0. The first-order valence-corrected chi connectivity index (χ1v) is 5.84. The molecule has 4 heteroatoms. The molecule has 4 nitrogen and oxygen atoms in total. The van der Waals surface area contributed by atoms with Gasteiger partial charge in [-0.05, 0) is 26.7 Å². The molecule has 0 spiro atoms. The minimum Gasteiger partial charge on any atom is -0.352 e. The van der Waals surface area contributed by atoms with Gasteiger partial charge in [-0.1, -0.05) is 6.92 Å². The maximum absolute atomic E-state index is 11.8. The van der Waals surface area contributed by atoms with Crippen LogP contribution in [0.4, 0.5) is 0 Å². The van der Waals surface area contributed by atoms with Crippen LogP contribution in [0, 0.1) is 0 Å². The zero-order valence-electron chi connectivity index (χ0n) is 9.99. The fraction of sp³-hybridized carbons (Fsp3) is 0.909. The Morgan fingerprint density at radius 1 is 1.60 bits per heavy atom. The number of hydrogen-bond donors (Lipinski definition) is 2. The molecule has 0 bridgehead atoms. The van der Waals surface area contributed by atoms with Gasteiger partial charge in [0.2, 0.25) is 5.91 Å². The van der Waals surface area contributed by atoms with Crippen molar-refractivity contribution in [1.82, 2.24) is 10.2 Å². The molecule has 0 aromatic carbocycles. The van der Waals surface area contributed by atoms with Crippen LogP contribution in [0.25, 0.3) is 0 Å². The number of nitrogens with zero attached hydrogens (tertiary/aromatic N) is 1. The van der Waals surface area contributed by atoms with Crippen molar-refractivity contribution in [1.29, 1.82) is 0 Å². The van der Waals surface area contributed by atoms with E-state index in [9.17, 15) is 4.79 Å². The van der Waals surface area contributed by atoms with E-state index in [4.69, 9.17) is 5.73 Å². The molecule has 88 valence electrons. The summed E-state index contributed by atoms with van der Waals surface area (Å²) >= 11 is 0. The van der Waals surface area contributed by atoms with E-state index in [1.54, 1.807) is 0 Å². The van der Waals surface area contributed by atoms with Gasteiger partial charge in [-0.15, -0.1) is 0 Å². The fourth-order valence-electron chi connectivity index (χ4n) is 1.80. The Labute approximate surface area is 92.2 Å². The quantitative estimate of drug-likeness (QED) is 0.707. The number of nitrogens with two attached hydrogens (primary N) is 1. The van der Waals surface area contributed by atoms with Crippen LogP contribution in [0.15, 0.2) is 0 Å². The van der Waals surface area contributed by atoms with Gasteiger partial charge in [-0.25, -0.2) is 0 Å². The molecule has 1 amide bonds. The average molecular weight is 213 g/mol. The molecule has 0 aromatic heterocycles. The van der Waals surface area contributed by atoms with Crippen LogP contribution < -0.4 is 11.1 Å². The van der Waals surface area contributed by atoms with Gasteiger partial charge in [-0.3, -0.25) is 9.69 Å². The van der Waals surface area contributed by atoms with E-state index in [1.165, 1.54) is 0 Å². The molecule has 1 heterocycles. The molecular weight excluding hydrogens is 190 g/mol. The lowest BCUT2D eigenvalue weighted by Crippen LogP contribution is -2.47. The van der Waals surface area contributed by atoms with E-state index in [1.807, 2.05) is 13.8 Å². The summed E-state index contributed by atoms with van der Waals surface area (Å²) in [6.07, 6.45) is 1.97. The Morgan fingerprint density at radius 2 is 2.27 bits per heavy atom. The van der Waals surface area contributed by atoms with Crippen LogP contribution in [-0.2, 0) is 4.79 Å². The van der Waals surface area contributed by atoms with E-state index in [0.29, 0.717) is 0 Å². The van der Waals surface area contributed by atoms with Gasteiger partial charge < -0.3 is 11.1 Å². The van der Waals surface area contributed by atoms with E-state index < -0.39 is 0 Å². The minimum atomic E-state index is -0.0486. The van der Waals surface area contributed by atoms with Crippen molar-refractivity contribution in [3.05, 3.63) is 0 Å². The highest BCUT2D eigenvalue weighted by Crippen LogP contribution is 2.11. The highest BCUT2D eigenvalue weighted by molar-refractivity contribution is 5.81. The number of amides is 1. The number of carbonyl (C=O) groups is 1. The summed E-state index contributed by atoms with van der Waals surface area (Å²) in [5.41, 5.74) is 5.82. The normalized spacial score (nSPS) is 26.3. The minimum absolute atomic E-state index is 0.0486. The third kappa shape index (κ3) is 3.47. The fourth-order valence-corrected chi connectivity index (χ4v) is 1.80. The second-order valence-corrected chi connectivity index (χ2v) is 4.54. The van der Waals surface area contributed by atoms with Crippen molar-refractivity contribution in [2.75, 3.05) is 13.1 Å². The molecule has 1 aliphatic heterocycles. The van der Waals surface area contributed by atoms with E-state index in [2.05, 4.69) is 17.1 Å². The molecular formula is C11H23N3O. The van der Waals surface area contributed by atoms with Gasteiger partial charge in [0.25, 0.3) is 0 Å². The van der Waals surface area contributed by atoms with Gasteiger partial charge >= 0.3 is 0 Å². The number of carbonyl (C=O) groups excluding carboxylic acids is 1. The van der Waals surface area contributed by atoms with Gasteiger partial charge in [0.05, 0.1) is 6.04 Å². The van der Waals surface area contributed by atoms with Crippen molar-refractivity contribution < 1.29 is 4.79 Å². The summed E-state index contributed by atoms with van der Waals surface area (Å²) in [5, 5.41) is 3.00. The molecule has 1 fully saturated rings. The molecule has 1 aliphatic rings. The van der Waals surface area contributed by atoms with Crippen molar-refractivity contribution in [3.63, 3.8) is 0 Å². The third-order valence-electron chi connectivity index (χ3n) is 3.18. The summed E-state index contributed by atoms with van der Waals surface area (Å²) in [5.74, 6) is 0.124. The Morgan fingerprint density at radius 3 is 2.73 bits per heavy atom. The second-order valence-electron chi connectivity index (χ2n) is 4.54. The lowest BCUT2D eigenvalue weighted by atomic mass is 10.2. The topological polar surface area (TPSA) is 58.4 Å². The number of likely N-dealkylation sites (tertiary alicyclic amines) is 1. The Balaban J connectivity index is 2.39. The lowest BCUT2D eigenvalue weighted by molar-refractivity contribution is -0.126. The van der Waals surface area contributed by atoms with Gasteiger partial charge in [-0.2, -0.15) is 0 Å². The SMILES string of the molecule is CCC(C)NC(=O)C(C)N1CC[C@H](N)C1.